The molecular weight excluding hydrogens is 236 g/mol. The zero-order valence-corrected chi connectivity index (χ0v) is 12.2. The van der Waals surface area contributed by atoms with Gasteiger partial charge in [0, 0.05) is 33.3 Å². The molecule has 1 aromatic rings. The largest absolute Gasteiger partial charge is 0.381 e. The van der Waals surface area contributed by atoms with E-state index in [-0.39, 0.29) is 0 Å². The molecule has 1 aliphatic heterocycles. The third-order valence-electron chi connectivity index (χ3n) is 3.88. The molecule has 106 valence electrons. The van der Waals surface area contributed by atoms with Crippen molar-refractivity contribution in [1.82, 2.24) is 10.2 Å². The first-order valence-electron chi connectivity index (χ1n) is 7.35. The molecule has 1 N–H and O–H groups in total. The minimum absolute atomic E-state index is 0.471. The minimum atomic E-state index is 0.471. The standard InChI is InChI=1S/C16H26N2O/c1-3-17-12-14-4-6-15(7-5-14)13-18-10-8-16(19-2)9-11-18/h4-7,16-17H,3,8-13H2,1-2H3. The van der Waals surface area contributed by atoms with Crippen LogP contribution in [-0.4, -0.2) is 37.7 Å². The van der Waals surface area contributed by atoms with E-state index in [1.54, 1.807) is 0 Å². The molecule has 0 bridgehead atoms. The monoisotopic (exact) mass is 262 g/mol. The third kappa shape index (κ3) is 4.60. The highest BCUT2D eigenvalue weighted by atomic mass is 16.5. The van der Waals surface area contributed by atoms with Crippen LogP contribution in [-0.2, 0) is 17.8 Å². The molecule has 1 heterocycles. The Labute approximate surface area is 116 Å². The summed E-state index contributed by atoms with van der Waals surface area (Å²) in [5, 5.41) is 3.35. The molecule has 0 radical (unpaired) electrons. The molecule has 19 heavy (non-hydrogen) atoms. The van der Waals surface area contributed by atoms with Crippen molar-refractivity contribution < 1.29 is 4.74 Å². The number of rotatable bonds is 6. The number of likely N-dealkylation sites (tertiary alicyclic amines) is 1. The summed E-state index contributed by atoms with van der Waals surface area (Å²) >= 11 is 0. The Morgan fingerprint density at radius 2 is 1.79 bits per heavy atom. The van der Waals surface area contributed by atoms with Crippen molar-refractivity contribution in [2.24, 2.45) is 0 Å². The number of nitrogens with zero attached hydrogens (tertiary/aromatic N) is 1. The predicted octanol–water partition coefficient (Wildman–Crippen LogP) is 2.41. The van der Waals surface area contributed by atoms with Gasteiger partial charge >= 0.3 is 0 Å². The zero-order chi connectivity index (χ0) is 13.5. The molecule has 0 aliphatic carbocycles. The molecule has 0 aromatic heterocycles. The zero-order valence-electron chi connectivity index (χ0n) is 12.2. The molecule has 1 saturated heterocycles. The van der Waals surface area contributed by atoms with Gasteiger partial charge in [-0.05, 0) is 30.5 Å². The molecule has 1 aromatic carbocycles. The Morgan fingerprint density at radius 1 is 1.16 bits per heavy atom. The highest BCUT2D eigenvalue weighted by molar-refractivity contribution is 5.22. The fraction of sp³-hybridized carbons (Fsp3) is 0.625. The second kappa shape index (κ2) is 7.63. The van der Waals surface area contributed by atoms with Crippen molar-refractivity contribution in [3.8, 4) is 0 Å². The fourth-order valence-electron chi connectivity index (χ4n) is 2.59. The number of ether oxygens (including phenoxy) is 1. The Hall–Kier alpha value is -0.900. The molecule has 1 fully saturated rings. The van der Waals surface area contributed by atoms with Crippen molar-refractivity contribution in [2.75, 3.05) is 26.7 Å². The molecule has 3 nitrogen and oxygen atoms in total. The van der Waals surface area contributed by atoms with Crippen LogP contribution in [0.4, 0.5) is 0 Å². The molecule has 0 atom stereocenters. The Balaban J connectivity index is 1.79. The first kappa shape index (κ1) is 14.5. The van der Waals surface area contributed by atoms with Gasteiger partial charge in [0.05, 0.1) is 6.10 Å². The van der Waals surface area contributed by atoms with Gasteiger partial charge < -0.3 is 10.1 Å². The maximum Gasteiger partial charge on any atom is 0.0595 e. The average Bonchev–Trinajstić information content (AvgIpc) is 2.47. The van der Waals surface area contributed by atoms with Gasteiger partial charge in [-0.25, -0.2) is 0 Å². The van der Waals surface area contributed by atoms with E-state index in [2.05, 4.69) is 41.4 Å². The molecule has 3 heteroatoms. The summed E-state index contributed by atoms with van der Waals surface area (Å²) in [5.74, 6) is 0. The SMILES string of the molecule is CCNCc1ccc(CN2CCC(OC)CC2)cc1. The summed E-state index contributed by atoms with van der Waals surface area (Å²) in [6.07, 6.45) is 2.79. The summed E-state index contributed by atoms with van der Waals surface area (Å²) < 4.78 is 5.41. The van der Waals surface area contributed by atoms with Crippen LogP contribution in [0.25, 0.3) is 0 Å². The van der Waals surface area contributed by atoms with Gasteiger partial charge in [0.15, 0.2) is 0 Å². The lowest BCUT2D eigenvalue weighted by Gasteiger charge is -2.31. The number of piperidine rings is 1. The molecule has 1 aliphatic rings. The number of benzene rings is 1. The van der Waals surface area contributed by atoms with Crippen LogP contribution in [0.5, 0.6) is 0 Å². The van der Waals surface area contributed by atoms with Gasteiger partial charge in [0.25, 0.3) is 0 Å². The lowest BCUT2D eigenvalue weighted by molar-refractivity contribution is 0.0388. The van der Waals surface area contributed by atoms with E-state index < -0.39 is 0 Å². The van der Waals surface area contributed by atoms with Crippen molar-refractivity contribution in [3.63, 3.8) is 0 Å². The highest BCUT2D eigenvalue weighted by Crippen LogP contribution is 2.16. The second-order valence-electron chi connectivity index (χ2n) is 5.31. The lowest BCUT2D eigenvalue weighted by Crippen LogP contribution is -2.36. The topological polar surface area (TPSA) is 24.5 Å². The van der Waals surface area contributed by atoms with Gasteiger partial charge in [-0.2, -0.15) is 0 Å². The Bertz CT molecular complexity index is 356. The summed E-state index contributed by atoms with van der Waals surface area (Å²) in [4.78, 5) is 2.52. The van der Waals surface area contributed by atoms with Crippen LogP contribution < -0.4 is 5.32 Å². The normalized spacial score (nSPS) is 17.8. The summed E-state index contributed by atoms with van der Waals surface area (Å²) in [5.41, 5.74) is 2.78. The van der Waals surface area contributed by atoms with Crippen molar-refractivity contribution in [2.45, 2.75) is 39.0 Å². The summed E-state index contributed by atoms with van der Waals surface area (Å²) in [6, 6.07) is 8.99. The third-order valence-corrected chi connectivity index (χ3v) is 3.88. The first-order chi connectivity index (χ1) is 9.31. The van der Waals surface area contributed by atoms with E-state index in [9.17, 15) is 0 Å². The summed E-state index contributed by atoms with van der Waals surface area (Å²) in [6.45, 7) is 7.50. The number of hydrogen-bond donors (Lipinski definition) is 1. The Morgan fingerprint density at radius 3 is 2.37 bits per heavy atom. The smallest absolute Gasteiger partial charge is 0.0595 e. The molecule has 0 saturated carbocycles. The van der Waals surface area contributed by atoms with Crippen molar-refractivity contribution in [1.29, 1.82) is 0 Å². The van der Waals surface area contributed by atoms with Gasteiger partial charge in [0.2, 0.25) is 0 Å². The van der Waals surface area contributed by atoms with Crippen LogP contribution in [0.3, 0.4) is 0 Å². The minimum Gasteiger partial charge on any atom is -0.381 e. The van der Waals surface area contributed by atoms with E-state index >= 15 is 0 Å². The fourth-order valence-corrected chi connectivity index (χ4v) is 2.59. The van der Waals surface area contributed by atoms with Gasteiger partial charge in [-0.3, -0.25) is 4.90 Å². The van der Waals surface area contributed by atoms with Gasteiger partial charge in [0.1, 0.15) is 0 Å². The molecular formula is C16H26N2O. The molecule has 2 rings (SSSR count). The molecule has 0 amide bonds. The molecule has 0 spiro atoms. The maximum atomic E-state index is 5.41. The summed E-state index contributed by atoms with van der Waals surface area (Å²) in [7, 11) is 1.82. The Kier molecular flexibility index (Phi) is 5.83. The molecule has 0 unspecified atom stereocenters. The van der Waals surface area contributed by atoms with Gasteiger partial charge in [-0.1, -0.05) is 31.2 Å². The number of nitrogens with one attached hydrogen (secondary N) is 1. The van der Waals surface area contributed by atoms with Crippen molar-refractivity contribution in [3.05, 3.63) is 35.4 Å². The van der Waals surface area contributed by atoms with Crippen LogP contribution in [0, 0.1) is 0 Å². The number of methoxy groups -OCH3 is 1. The average molecular weight is 262 g/mol. The van der Waals surface area contributed by atoms with Crippen LogP contribution in [0.1, 0.15) is 30.9 Å². The van der Waals surface area contributed by atoms with Crippen molar-refractivity contribution >= 4 is 0 Å². The van der Waals surface area contributed by atoms with E-state index in [0.717, 1.165) is 45.6 Å². The predicted molar refractivity (Wildman–Crippen MR) is 79.1 cm³/mol. The van der Waals surface area contributed by atoms with E-state index in [1.165, 1.54) is 11.1 Å². The van der Waals surface area contributed by atoms with E-state index in [1.807, 2.05) is 7.11 Å². The van der Waals surface area contributed by atoms with E-state index in [4.69, 9.17) is 4.74 Å². The second-order valence-corrected chi connectivity index (χ2v) is 5.31. The van der Waals surface area contributed by atoms with Crippen LogP contribution in [0.15, 0.2) is 24.3 Å². The lowest BCUT2D eigenvalue weighted by atomic mass is 10.1. The highest BCUT2D eigenvalue weighted by Gasteiger charge is 2.18. The van der Waals surface area contributed by atoms with E-state index in [0.29, 0.717) is 6.10 Å². The quantitative estimate of drug-likeness (QED) is 0.852. The van der Waals surface area contributed by atoms with Crippen LogP contribution >= 0.6 is 0 Å². The number of hydrogen-bond acceptors (Lipinski definition) is 3. The maximum absolute atomic E-state index is 5.41. The van der Waals surface area contributed by atoms with Crippen LogP contribution in [0.2, 0.25) is 0 Å². The first-order valence-corrected chi connectivity index (χ1v) is 7.35. The van der Waals surface area contributed by atoms with Gasteiger partial charge in [-0.15, -0.1) is 0 Å².